The predicted molar refractivity (Wildman–Crippen MR) is 78.8 cm³/mol. The molecule has 24 heavy (non-hydrogen) atoms. The van der Waals surface area contributed by atoms with Crippen molar-refractivity contribution in [3.8, 4) is 0 Å². The van der Waals surface area contributed by atoms with Crippen LogP contribution in [0.15, 0.2) is 0 Å². The minimum atomic E-state index is -3.98. The molecule has 0 spiro atoms. The maximum atomic E-state index is 12.2. The topological polar surface area (TPSA) is 118 Å². The lowest BCUT2D eigenvalue weighted by molar-refractivity contribution is -0.268. The number of carbonyl (C=O) groups is 1. The third kappa shape index (κ3) is 3.31. The molecule has 0 amide bonds. The number of carboxylic acids is 1. The first-order valence-electron chi connectivity index (χ1n) is 7.63. The van der Waals surface area contributed by atoms with Crippen molar-refractivity contribution in [3.05, 3.63) is 0 Å². The van der Waals surface area contributed by atoms with Crippen LogP contribution in [0.1, 0.15) is 27.7 Å². The van der Waals surface area contributed by atoms with Crippen molar-refractivity contribution in [2.24, 2.45) is 0 Å². The standard InChI is InChI=1S/C14H22O9S/c1-12(2)20-8-5-19-14(7-24(17,18)6-9(15)16)11(10(8)21-12)22-13(3,4)23-14/h8,10-11H,5-7H2,1-4H3,(H,15,16)/t8-,10-,11+,14+/m1/s1. The van der Waals surface area contributed by atoms with Gasteiger partial charge in [0.25, 0.3) is 0 Å². The summed E-state index contributed by atoms with van der Waals surface area (Å²) in [6.07, 6.45) is -1.84. The molecule has 3 rings (SSSR count). The number of hydrogen-bond acceptors (Lipinski definition) is 8. The van der Waals surface area contributed by atoms with E-state index >= 15 is 0 Å². The van der Waals surface area contributed by atoms with Crippen molar-refractivity contribution in [3.63, 3.8) is 0 Å². The van der Waals surface area contributed by atoms with Crippen molar-refractivity contribution in [1.29, 1.82) is 0 Å². The minimum absolute atomic E-state index is 0.0621. The predicted octanol–water partition coefficient (Wildman–Crippen LogP) is -0.116. The van der Waals surface area contributed by atoms with E-state index in [0.717, 1.165) is 0 Å². The van der Waals surface area contributed by atoms with Crippen LogP contribution in [0.4, 0.5) is 0 Å². The second-order valence-corrected chi connectivity index (χ2v) is 9.29. The number of rotatable bonds is 4. The molecule has 4 atom stereocenters. The third-order valence-electron chi connectivity index (χ3n) is 4.04. The highest BCUT2D eigenvalue weighted by Crippen LogP contribution is 2.47. The average molecular weight is 366 g/mol. The Labute approximate surface area is 140 Å². The quantitative estimate of drug-likeness (QED) is 0.726. The van der Waals surface area contributed by atoms with Gasteiger partial charge in [-0.05, 0) is 27.7 Å². The summed E-state index contributed by atoms with van der Waals surface area (Å²) in [6, 6.07) is 0. The first-order chi connectivity index (χ1) is 10.8. The van der Waals surface area contributed by atoms with Crippen molar-refractivity contribution >= 4 is 15.8 Å². The zero-order chi connectivity index (χ0) is 18.0. The van der Waals surface area contributed by atoms with Gasteiger partial charge in [-0.25, -0.2) is 8.42 Å². The van der Waals surface area contributed by atoms with Crippen molar-refractivity contribution in [2.45, 2.75) is 63.4 Å². The SMILES string of the molecule is CC1(C)O[C@@H]2[C@@H](CO[C@@]3(CS(=O)(=O)CC(=O)O)OC(C)(C)O[C@@H]23)O1. The van der Waals surface area contributed by atoms with E-state index in [9.17, 15) is 13.2 Å². The van der Waals surface area contributed by atoms with E-state index in [1.54, 1.807) is 27.7 Å². The van der Waals surface area contributed by atoms with Crippen LogP contribution in [0.5, 0.6) is 0 Å². The summed E-state index contributed by atoms with van der Waals surface area (Å²) < 4.78 is 53.4. The number of ether oxygens (including phenoxy) is 5. The summed E-state index contributed by atoms with van der Waals surface area (Å²) in [5.74, 6) is -6.66. The van der Waals surface area contributed by atoms with Crippen LogP contribution in [0, 0.1) is 0 Å². The number of fused-ring (bicyclic) bond motifs is 3. The lowest BCUT2D eigenvalue weighted by atomic mass is 9.98. The van der Waals surface area contributed by atoms with Crippen LogP contribution in [0.2, 0.25) is 0 Å². The Hall–Kier alpha value is -0.780. The van der Waals surface area contributed by atoms with Crippen molar-refractivity contribution in [1.82, 2.24) is 0 Å². The molecule has 3 saturated heterocycles. The largest absolute Gasteiger partial charge is 0.480 e. The van der Waals surface area contributed by atoms with E-state index in [1.165, 1.54) is 0 Å². The lowest BCUT2D eigenvalue weighted by Crippen LogP contribution is -2.61. The number of hydrogen-bond donors (Lipinski definition) is 1. The van der Waals surface area contributed by atoms with Gasteiger partial charge in [0, 0.05) is 0 Å². The summed E-state index contributed by atoms with van der Waals surface area (Å²) in [6.45, 7) is 6.82. The van der Waals surface area contributed by atoms with E-state index in [2.05, 4.69) is 0 Å². The van der Waals surface area contributed by atoms with E-state index in [4.69, 9.17) is 28.8 Å². The fourth-order valence-corrected chi connectivity index (χ4v) is 4.89. The molecule has 0 aromatic carbocycles. The molecule has 0 bridgehead atoms. The van der Waals surface area contributed by atoms with Gasteiger partial charge in [0.2, 0.25) is 5.79 Å². The van der Waals surface area contributed by atoms with Gasteiger partial charge < -0.3 is 28.8 Å². The molecule has 10 heteroatoms. The number of aliphatic carboxylic acids is 1. The van der Waals surface area contributed by atoms with Gasteiger partial charge in [-0.3, -0.25) is 4.79 Å². The Morgan fingerprint density at radius 3 is 2.42 bits per heavy atom. The number of sulfone groups is 1. The fraction of sp³-hybridized carbons (Fsp3) is 0.929. The van der Waals surface area contributed by atoms with Gasteiger partial charge in [0.1, 0.15) is 29.8 Å². The van der Waals surface area contributed by atoms with E-state index in [-0.39, 0.29) is 6.61 Å². The van der Waals surface area contributed by atoms with Crippen LogP contribution in [0.25, 0.3) is 0 Å². The Bertz CT molecular complexity index is 641. The highest BCUT2D eigenvalue weighted by Gasteiger charge is 2.66. The average Bonchev–Trinajstić information content (AvgIpc) is 2.78. The zero-order valence-electron chi connectivity index (χ0n) is 14.0. The van der Waals surface area contributed by atoms with Gasteiger partial charge in [0.15, 0.2) is 21.4 Å². The molecular formula is C14H22O9S. The third-order valence-corrected chi connectivity index (χ3v) is 5.57. The van der Waals surface area contributed by atoms with Gasteiger partial charge >= 0.3 is 5.97 Å². The van der Waals surface area contributed by atoms with E-state index in [1.807, 2.05) is 0 Å². The molecule has 0 radical (unpaired) electrons. The van der Waals surface area contributed by atoms with Crippen LogP contribution >= 0.6 is 0 Å². The lowest BCUT2D eigenvalue weighted by Gasteiger charge is -2.40. The normalized spacial score (nSPS) is 40.1. The smallest absolute Gasteiger partial charge is 0.318 e. The van der Waals surface area contributed by atoms with Gasteiger partial charge in [-0.2, -0.15) is 0 Å². The Kier molecular flexibility index (Phi) is 4.02. The zero-order valence-corrected chi connectivity index (χ0v) is 14.8. The van der Waals surface area contributed by atoms with Gasteiger partial charge in [0.05, 0.1) is 6.61 Å². The first kappa shape index (κ1) is 18.0. The monoisotopic (exact) mass is 366 g/mol. The molecule has 3 fully saturated rings. The highest BCUT2D eigenvalue weighted by atomic mass is 32.2. The Morgan fingerprint density at radius 1 is 1.12 bits per heavy atom. The molecule has 3 aliphatic rings. The Balaban J connectivity index is 1.91. The van der Waals surface area contributed by atoms with Crippen molar-refractivity contribution in [2.75, 3.05) is 18.1 Å². The van der Waals surface area contributed by atoms with Crippen LogP contribution in [0.3, 0.4) is 0 Å². The van der Waals surface area contributed by atoms with E-state index in [0.29, 0.717) is 0 Å². The van der Waals surface area contributed by atoms with Crippen LogP contribution in [-0.4, -0.2) is 73.3 Å². The molecule has 0 saturated carbocycles. The summed E-state index contributed by atoms with van der Waals surface area (Å²) >= 11 is 0. The second-order valence-electron chi connectivity index (χ2n) is 7.23. The molecule has 0 aliphatic carbocycles. The Morgan fingerprint density at radius 2 is 1.79 bits per heavy atom. The van der Waals surface area contributed by atoms with Gasteiger partial charge in [-0.15, -0.1) is 0 Å². The summed E-state index contributed by atoms with van der Waals surface area (Å²) in [4.78, 5) is 10.8. The van der Waals surface area contributed by atoms with Crippen LogP contribution < -0.4 is 0 Å². The highest BCUT2D eigenvalue weighted by molar-refractivity contribution is 7.92. The molecular weight excluding hydrogens is 344 g/mol. The first-order valence-corrected chi connectivity index (χ1v) is 9.45. The maximum Gasteiger partial charge on any atom is 0.318 e. The minimum Gasteiger partial charge on any atom is -0.480 e. The molecule has 0 aromatic rings. The van der Waals surface area contributed by atoms with Crippen molar-refractivity contribution < 1.29 is 42.0 Å². The molecule has 9 nitrogen and oxygen atoms in total. The van der Waals surface area contributed by atoms with Crippen LogP contribution in [-0.2, 0) is 38.3 Å². The van der Waals surface area contributed by atoms with Gasteiger partial charge in [-0.1, -0.05) is 0 Å². The second kappa shape index (κ2) is 5.36. The molecule has 3 heterocycles. The molecule has 3 aliphatic heterocycles. The molecule has 1 N–H and O–H groups in total. The molecule has 0 aromatic heterocycles. The number of carboxylic acid groups (broad SMARTS) is 1. The molecule has 138 valence electrons. The maximum absolute atomic E-state index is 12.2. The molecule has 0 unspecified atom stereocenters. The summed E-state index contributed by atoms with van der Waals surface area (Å²) in [5.41, 5.74) is 0. The summed E-state index contributed by atoms with van der Waals surface area (Å²) in [5, 5.41) is 8.80. The fourth-order valence-electron chi connectivity index (χ4n) is 3.49. The summed E-state index contributed by atoms with van der Waals surface area (Å²) in [7, 11) is -3.98. The van der Waals surface area contributed by atoms with E-state index < -0.39 is 63.0 Å².